The Morgan fingerprint density at radius 1 is 1.47 bits per heavy atom. The van der Waals surface area contributed by atoms with Crippen LogP contribution >= 0.6 is 15.9 Å². The highest BCUT2D eigenvalue weighted by atomic mass is 79.9. The first-order chi connectivity index (χ1) is 7.06. The molecular formula is C10H12BrNO3. The number of methoxy groups -OCH3 is 1. The van der Waals surface area contributed by atoms with Gasteiger partial charge in [0.1, 0.15) is 12.1 Å². The van der Waals surface area contributed by atoms with E-state index < -0.39 is 18.1 Å². The molecule has 82 valence electrons. The van der Waals surface area contributed by atoms with Crippen molar-refractivity contribution in [2.75, 3.05) is 7.11 Å². The normalized spacial score (nSPS) is 14.4. The van der Waals surface area contributed by atoms with Gasteiger partial charge in [0.15, 0.2) is 0 Å². The van der Waals surface area contributed by atoms with Gasteiger partial charge >= 0.3 is 5.97 Å². The van der Waals surface area contributed by atoms with Crippen molar-refractivity contribution >= 4 is 21.9 Å². The fourth-order valence-corrected chi connectivity index (χ4v) is 1.40. The predicted octanol–water partition coefficient (Wildman–Crippen LogP) is 0.983. The summed E-state index contributed by atoms with van der Waals surface area (Å²) in [5.41, 5.74) is 6.08. The second kappa shape index (κ2) is 5.25. The van der Waals surface area contributed by atoms with Crippen LogP contribution < -0.4 is 5.73 Å². The van der Waals surface area contributed by atoms with Crippen molar-refractivity contribution in [3.63, 3.8) is 0 Å². The van der Waals surface area contributed by atoms with Gasteiger partial charge in [-0.2, -0.15) is 0 Å². The molecule has 5 heteroatoms. The van der Waals surface area contributed by atoms with Gasteiger partial charge in [0.25, 0.3) is 0 Å². The summed E-state index contributed by atoms with van der Waals surface area (Å²) in [5, 5.41) is 9.74. The number of ether oxygens (including phenoxy) is 1. The van der Waals surface area contributed by atoms with Gasteiger partial charge in [0, 0.05) is 4.47 Å². The van der Waals surface area contributed by atoms with Crippen LogP contribution in [0.5, 0.6) is 0 Å². The number of aliphatic hydroxyl groups is 1. The van der Waals surface area contributed by atoms with E-state index >= 15 is 0 Å². The van der Waals surface area contributed by atoms with E-state index in [4.69, 9.17) is 5.73 Å². The second-order valence-corrected chi connectivity index (χ2v) is 3.96. The Morgan fingerprint density at radius 3 is 2.47 bits per heavy atom. The van der Waals surface area contributed by atoms with Gasteiger partial charge < -0.3 is 15.6 Å². The maximum Gasteiger partial charge on any atom is 0.325 e. The van der Waals surface area contributed by atoms with Crippen molar-refractivity contribution in [3.8, 4) is 0 Å². The molecule has 1 rings (SSSR count). The van der Waals surface area contributed by atoms with Crippen LogP contribution in [0.2, 0.25) is 0 Å². The zero-order valence-corrected chi connectivity index (χ0v) is 9.77. The highest BCUT2D eigenvalue weighted by molar-refractivity contribution is 9.10. The summed E-state index contributed by atoms with van der Waals surface area (Å²) in [5.74, 6) is -0.634. The average molecular weight is 274 g/mol. The Kier molecular flexibility index (Phi) is 4.26. The van der Waals surface area contributed by atoms with Crippen molar-refractivity contribution in [2.24, 2.45) is 5.73 Å². The minimum atomic E-state index is -1.06. The highest BCUT2D eigenvalue weighted by Crippen LogP contribution is 2.19. The lowest BCUT2D eigenvalue weighted by molar-refractivity contribution is -0.145. The number of esters is 1. The molecule has 0 aliphatic carbocycles. The Morgan fingerprint density at radius 2 is 2.00 bits per heavy atom. The molecule has 0 saturated heterocycles. The molecule has 1 aromatic carbocycles. The molecule has 3 N–H and O–H groups in total. The predicted molar refractivity (Wildman–Crippen MR) is 59.1 cm³/mol. The van der Waals surface area contributed by atoms with Gasteiger partial charge in [-0.15, -0.1) is 0 Å². The van der Waals surface area contributed by atoms with Crippen LogP contribution in [0.25, 0.3) is 0 Å². The van der Waals surface area contributed by atoms with Crippen LogP contribution in [0.1, 0.15) is 11.7 Å². The molecular weight excluding hydrogens is 262 g/mol. The Labute approximate surface area is 96.2 Å². The Balaban J connectivity index is 2.80. The van der Waals surface area contributed by atoms with E-state index in [2.05, 4.69) is 20.7 Å². The molecule has 0 aromatic heterocycles. The molecule has 0 bridgehead atoms. The summed E-state index contributed by atoms with van der Waals surface area (Å²) in [6.45, 7) is 0. The highest BCUT2D eigenvalue weighted by Gasteiger charge is 2.24. The summed E-state index contributed by atoms with van der Waals surface area (Å²) in [4.78, 5) is 11.1. The fourth-order valence-electron chi connectivity index (χ4n) is 1.13. The average Bonchev–Trinajstić information content (AvgIpc) is 2.27. The number of hydrogen-bond donors (Lipinski definition) is 2. The van der Waals surface area contributed by atoms with Gasteiger partial charge in [0.2, 0.25) is 0 Å². The van der Waals surface area contributed by atoms with Crippen molar-refractivity contribution in [1.29, 1.82) is 0 Å². The summed E-state index contributed by atoms with van der Waals surface area (Å²) in [6, 6.07) is 5.86. The lowest BCUT2D eigenvalue weighted by Gasteiger charge is -2.16. The van der Waals surface area contributed by atoms with Crippen LogP contribution in [0.3, 0.4) is 0 Å². The summed E-state index contributed by atoms with van der Waals surface area (Å²) < 4.78 is 5.34. The molecule has 0 fully saturated rings. The molecule has 0 amide bonds. The summed E-state index contributed by atoms with van der Waals surface area (Å²) in [7, 11) is 1.23. The van der Waals surface area contributed by atoms with E-state index in [0.29, 0.717) is 5.56 Å². The van der Waals surface area contributed by atoms with E-state index in [9.17, 15) is 9.90 Å². The first kappa shape index (κ1) is 12.2. The number of aliphatic hydroxyl groups excluding tert-OH is 1. The lowest BCUT2D eigenvalue weighted by Crippen LogP contribution is -2.37. The summed E-state index contributed by atoms with van der Waals surface area (Å²) in [6.07, 6.45) is -1.05. The van der Waals surface area contributed by atoms with Crippen molar-refractivity contribution in [1.82, 2.24) is 0 Å². The Bertz CT molecular complexity index is 339. The molecule has 0 aliphatic heterocycles. The van der Waals surface area contributed by atoms with Crippen LogP contribution in [0.4, 0.5) is 0 Å². The van der Waals surface area contributed by atoms with Crippen molar-refractivity contribution in [2.45, 2.75) is 12.1 Å². The van der Waals surface area contributed by atoms with E-state index in [1.807, 2.05) is 0 Å². The Hall–Kier alpha value is -0.910. The second-order valence-electron chi connectivity index (χ2n) is 3.05. The molecule has 2 atom stereocenters. The maximum atomic E-state index is 11.1. The largest absolute Gasteiger partial charge is 0.468 e. The third-order valence-electron chi connectivity index (χ3n) is 2.03. The SMILES string of the molecule is COC(=O)[C@H](N)[C@H](O)c1ccc(Br)cc1. The first-order valence-electron chi connectivity index (χ1n) is 4.33. The number of hydrogen-bond acceptors (Lipinski definition) is 4. The van der Waals surface area contributed by atoms with Crippen molar-refractivity contribution in [3.05, 3.63) is 34.3 Å². The zero-order valence-electron chi connectivity index (χ0n) is 8.18. The molecule has 15 heavy (non-hydrogen) atoms. The van der Waals surface area contributed by atoms with Crippen LogP contribution in [-0.2, 0) is 9.53 Å². The molecule has 4 nitrogen and oxygen atoms in total. The molecule has 0 unspecified atom stereocenters. The van der Waals surface area contributed by atoms with E-state index in [0.717, 1.165) is 4.47 Å². The van der Waals surface area contributed by atoms with Crippen LogP contribution in [0.15, 0.2) is 28.7 Å². The summed E-state index contributed by atoms with van der Waals surface area (Å²) >= 11 is 3.27. The molecule has 0 saturated carbocycles. The number of nitrogens with two attached hydrogens (primary N) is 1. The number of rotatable bonds is 3. The number of halogens is 1. The van der Waals surface area contributed by atoms with E-state index in [-0.39, 0.29) is 0 Å². The van der Waals surface area contributed by atoms with Gasteiger partial charge in [-0.25, -0.2) is 0 Å². The van der Waals surface area contributed by atoms with Gasteiger partial charge in [-0.3, -0.25) is 4.79 Å². The monoisotopic (exact) mass is 273 g/mol. The quantitative estimate of drug-likeness (QED) is 0.806. The molecule has 0 heterocycles. The van der Waals surface area contributed by atoms with Crippen LogP contribution in [0, 0.1) is 0 Å². The van der Waals surface area contributed by atoms with Gasteiger partial charge in [-0.1, -0.05) is 28.1 Å². The number of carbonyl (C=O) groups is 1. The first-order valence-corrected chi connectivity index (χ1v) is 5.12. The van der Waals surface area contributed by atoms with Crippen molar-refractivity contribution < 1.29 is 14.6 Å². The smallest absolute Gasteiger partial charge is 0.325 e. The molecule has 0 aliphatic rings. The number of carbonyl (C=O) groups excluding carboxylic acids is 1. The third kappa shape index (κ3) is 3.02. The lowest BCUT2D eigenvalue weighted by atomic mass is 10.0. The molecule has 1 aromatic rings. The maximum absolute atomic E-state index is 11.1. The molecule has 0 spiro atoms. The van der Waals surface area contributed by atoms with E-state index in [1.165, 1.54) is 7.11 Å². The minimum Gasteiger partial charge on any atom is -0.468 e. The van der Waals surface area contributed by atoms with Crippen LogP contribution in [-0.4, -0.2) is 24.2 Å². The van der Waals surface area contributed by atoms with E-state index in [1.54, 1.807) is 24.3 Å². The van der Waals surface area contributed by atoms with Gasteiger partial charge in [-0.05, 0) is 17.7 Å². The standard InChI is InChI=1S/C10H12BrNO3/c1-15-10(14)8(12)9(13)6-2-4-7(11)5-3-6/h2-5,8-9,13H,12H2,1H3/t8-,9-/m1/s1. The molecule has 0 radical (unpaired) electrons. The minimum absolute atomic E-state index is 0.580. The van der Waals surface area contributed by atoms with Gasteiger partial charge in [0.05, 0.1) is 7.11 Å². The third-order valence-corrected chi connectivity index (χ3v) is 2.55. The zero-order chi connectivity index (χ0) is 11.4. The fraction of sp³-hybridized carbons (Fsp3) is 0.300. The topological polar surface area (TPSA) is 72.5 Å². The number of benzene rings is 1.